The molecule has 14 heavy (non-hydrogen) atoms. The largest absolute Gasteiger partial charge is 0.339 e. The molecular weight excluding hydrogens is 194 g/mol. The van der Waals surface area contributed by atoms with Crippen molar-refractivity contribution in [1.82, 2.24) is 4.90 Å². The smallest absolute Gasteiger partial charge is 0.224 e. The third-order valence-corrected chi connectivity index (χ3v) is 3.75. The zero-order chi connectivity index (χ0) is 9.97. The first kappa shape index (κ1) is 10.3. The fourth-order valence-corrected chi connectivity index (χ4v) is 2.97. The molecule has 2 aliphatic rings. The van der Waals surface area contributed by atoms with Gasteiger partial charge in [0.1, 0.15) is 0 Å². The van der Waals surface area contributed by atoms with Crippen molar-refractivity contribution in [2.24, 2.45) is 0 Å². The van der Waals surface area contributed by atoms with Crippen LogP contribution in [0.3, 0.4) is 0 Å². The van der Waals surface area contributed by atoms with E-state index in [1.54, 1.807) is 0 Å². The number of carbonyl (C=O) groups excluding carboxylic acids is 1. The molecule has 1 saturated carbocycles. The normalized spacial score (nSPS) is 30.8. The van der Waals surface area contributed by atoms with Gasteiger partial charge in [0.25, 0.3) is 0 Å². The van der Waals surface area contributed by atoms with E-state index in [9.17, 15) is 4.79 Å². The number of hydrogen-bond donors (Lipinski definition) is 1. The summed E-state index contributed by atoms with van der Waals surface area (Å²) in [7, 11) is 0. The zero-order valence-corrected chi connectivity index (χ0v) is 9.51. The topological polar surface area (TPSA) is 20.3 Å². The molecule has 2 rings (SSSR count). The second-order valence-electron chi connectivity index (χ2n) is 4.55. The maximum absolute atomic E-state index is 11.7. The van der Waals surface area contributed by atoms with Crippen molar-refractivity contribution in [1.29, 1.82) is 0 Å². The number of nitrogens with zero attached hydrogens (tertiary/aromatic N) is 1. The van der Waals surface area contributed by atoms with E-state index in [0.717, 1.165) is 6.54 Å². The molecule has 80 valence electrons. The van der Waals surface area contributed by atoms with E-state index >= 15 is 0 Å². The van der Waals surface area contributed by atoms with Gasteiger partial charge < -0.3 is 4.90 Å². The molecule has 0 bridgehead atoms. The van der Waals surface area contributed by atoms with Crippen LogP contribution < -0.4 is 0 Å². The number of carbonyl (C=O) groups is 1. The maximum Gasteiger partial charge on any atom is 0.224 e. The molecule has 0 aromatic carbocycles. The monoisotopic (exact) mass is 213 g/mol. The Kier molecular flexibility index (Phi) is 3.37. The lowest BCUT2D eigenvalue weighted by Crippen LogP contribution is -2.36. The van der Waals surface area contributed by atoms with Crippen LogP contribution in [0.2, 0.25) is 0 Å². The van der Waals surface area contributed by atoms with E-state index < -0.39 is 0 Å². The number of amides is 1. The molecule has 0 aromatic rings. The van der Waals surface area contributed by atoms with E-state index in [1.165, 1.54) is 38.5 Å². The van der Waals surface area contributed by atoms with Gasteiger partial charge in [-0.3, -0.25) is 4.79 Å². The minimum atomic E-state index is 0.283. The van der Waals surface area contributed by atoms with E-state index in [-0.39, 0.29) is 5.25 Å². The molecule has 0 aromatic heterocycles. The SMILES string of the molecule is O=C1CC(S)CN1C1CCCCCC1. The molecule has 0 N–H and O–H groups in total. The predicted octanol–water partition coefficient (Wildman–Crippen LogP) is 2.24. The molecule has 1 aliphatic heterocycles. The van der Waals surface area contributed by atoms with Gasteiger partial charge in [0.15, 0.2) is 0 Å². The molecule has 1 amide bonds. The summed E-state index contributed by atoms with van der Waals surface area (Å²) in [6.45, 7) is 0.882. The molecule has 2 nitrogen and oxygen atoms in total. The van der Waals surface area contributed by atoms with Gasteiger partial charge in [-0.1, -0.05) is 25.7 Å². The molecule has 1 aliphatic carbocycles. The van der Waals surface area contributed by atoms with Gasteiger partial charge in [-0.15, -0.1) is 0 Å². The van der Waals surface area contributed by atoms with Crippen molar-refractivity contribution in [2.75, 3.05) is 6.54 Å². The highest BCUT2D eigenvalue weighted by Gasteiger charge is 2.32. The fourth-order valence-electron chi connectivity index (χ4n) is 2.63. The van der Waals surface area contributed by atoms with Crippen LogP contribution in [0.25, 0.3) is 0 Å². The number of hydrogen-bond acceptors (Lipinski definition) is 2. The Morgan fingerprint density at radius 3 is 2.29 bits per heavy atom. The Hall–Kier alpha value is -0.180. The van der Waals surface area contributed by atoms with E-state index in [1.807, 2.05) is 0 Å². The fraction of sp³-hybridized carbons (Fsp3) is 0.909. The van der Waals surface area contributed by atoms with Gasteiger partial charge in [0.05, 0.1) is 0 Å². The van der Waals surface area contributed by atoms with Crippen LogP contribution in [0.15, 0.2) is 0 Å². The quantitative estimate of drug-likeness (QED) is 0.523. The molecule has 0 radical (unpaired) electrons. The number of rotatable bonds is 1. The molecule has 3 heteroatoms. The van der Waals surface area contributed by atoms with Gasteiger partial charge in [-0.25, -0.2) is 0 Å². The molecule has 0 spiro atoms. The van der Waals surface area contributed by atoms with Crippen molar-refractivity contribution in [3.8, 4) is 0 Å². The minimum Gasteiger partial charge on any atom is -0.339 e. The van der Waals surface area contributed by atoms with Crippen LogP contribution in [0.4, 0.5) is 0 Å². The summed E-state index contributed by atoms with van der Waals surface area (Å²) < 4.78 is 0. The van der Waals surface area contributed by atoms with Crippen LogP contribution in [-0.2, 0) is 4.79 Å². The van der Waals surface area contributed by atoms with Gasteiger partial charge in [-0.05, 0) is 12.8 Å². The van der Waals surface area contributed by atoms with Crippen molar-refractivity contribution in [3.63, 3.8) is 0 Å². The van der Waals surface area contributed by atoms with Gasteiger partial charge in [0.2, 0.25) is 5.91 Å². The lowest BCUT2D eigenvalue weighted by Gasteiger charge is -2.26. The first-order chi connectivity index (χ1) is 6.77. The highest BCUT2D eigenvalue weighted by molar-refractivity contribution is 7.81. The Morgan fingerprint density at radius 1 is 1.14 bits per heavy atom. The van der Waals surface area contributed by atoms with Crippen LogP contribution in [0.5, 0.6) is 0 Å². The van der Waals surface area contributed by atoms with Crippen molar-refractivity contribution in [3.05, 3.63) is 0 Å². The Balaban J connectivity index is 1.95. The van der Waals surface area contributed by atoms with E-state index in [4.69, 9.17) is 0 Å². The van der Waals surface area contributed by atoms with Crippen LogP contribution in [-0.4, -0.2) is 28.6 Å². The van der Waals surface area contributed by atoms with Gasteiger partial charge in [-0.2, -0.15) is 12.6 Å². The molecule has 1 atom stereocenters. The second kappa shape index (κ2) is 4.56. The van der Waals surface area contributed by atoms with Gasteiger partial charge in [0, 0.05) is 24.3 Å². The van der Waals surface area contributed by atoms with Crippen molar-refractivity contribution >= 4 is 18.5 Å². The van der Waals surface area contributed by atoms with Crippen LogP contribution in [0.1, 0.15) is 44.9 Å². The first-order valence-corrected chi connectivity index (χ1v) is 6.26. The standard InChI is InChI=1S/C11H19NOS/c13-11-7-10(14)8-12(11)9-5-3-1-2-4-6-9/h9-10,14H,1-8H2. The summed E-state index contributed by atoms with van der Waals surface area (Å²) in [6.07, 6.45) is 8.38. The Bertz CT molecular complexity index is 211. The van der Waals surface area contributed by atoms with E-state index in [0.29, 0.717) is 18.4 Å². The summed E-state index contributed by atoms with van der Waals surface area (Å²) >= 11 is 4.40. The van der Waals surface area contributed by atoms with Crippen LogP contribution in [0, 0.1) is 0 Å². The highest BCUT2D eigenvalue weighted by Crippen LogP contribution is 2.27. The molecule has 1 unspecified atom stereocenters. The molecule has 2 fully saturated rings. The maximum atomic E-state index is 11.7. The minimum absolute atomic E-state index is 0.283. The Morgan fingerprint density at radius 2 is 1.79 bits per heavy atom. The van der Waals surface area contributed by atoms with Crippen molar-refractivity contribution < 1.29 is 4.79 Å². The highest BCUT2D eigenvalue weighted by atomic mass is 32.1. The number of thiol groups is 1. The third kappa shape index (κ3) is 2.25. The number of likely N-dealkylation sites (tertiary alicyclic amines) is 1. The average molecular weight is 213 g/mol. The summed E-state index contributed by atoms with van der Waals surface area (Å²) in [5.41, 5.74) is 0. The zero-order valence-electron chi connectivity index (χ0n) is 8.61. The third-order valence-electron chi connectivity index (χ3n) is 3.40. The van der Waals surface area contributed by atoms with E-state index in [2.05, 4.69) is 17.5 Å². The van der Waals surface area contributed by atoms with Crippen molar-refractivity contribution in [2.45, 2.75) is 56.2 Å². The Labute approximate surface area is 91.5 Å². The molecular formula is C11H19NOS. The summed E-state index contributed by atoms with van der Waals surface area (Å²) in [5.74, 6) is 0.330. The average Bonchev–Trinajstić information content (AvgIpc) is 2.43. The van der Waals surface area contributed by atoms with Gasteiger partial charge >= 0.3 is 0 Å². The second-order valence-corrected chi connectivity index (χ2v) is 5.28. The molecule has 1 heterocycles. The predicted molar refractivity (Wildman–Crippen MR) is 60.6 cm³/mol. The lowest BCUT2D eigenvalue weighted by molar-refractivity contribution is -0.129. The summed E-state index contributed by atoms with van der Waals surface area (Å²) in [6, 6.07) is 0.530. The summed E-state index contributed by atoms with van der Waals surface area (Å²) in [4.78, 5) is 13.8. The molecule has 1 saturated heterocycles. The first-order valence-electron chi connectivity index (χ1n) is 5.75. The van der Waals surface area contributed by atoms with Crippen LogP contribution >= 0.6 is 12.6 Å². The lowest BCUT2D eigenvalue weighted by atomic mass is 10.1. The summed E-state index contributed by atoms with van der Waals surface area (Å²) in [5, 5.41) is 0.283.